The van der Waals surface area contributed by atoms with Gasteiger partial charge in [-0.25, -0.2) is 5.90 Å². The number of pyridine rings is 2. The van der Waals surface area contributed by atoms with Crippen molar-refractivity contribution in [3.63, 3.8) is 0 Å². The predicted molar refractivity (Wildman–Crippen MR) is 88.8 cm³/mol. The number of benzene rings is 1. The summed E-state index contributed by atoms with van der Waals surface area (Å²) < 4.78 is 0. The Labute approximate surface area is 137 Å². The van der Waals surface area contributed by atoms with Crippen molar-refractivity contribution in [3.8, 4) is 0 Å². The van der Waals surface area contributed by atoms with E-state index in [-0.39, 0.29) is 19.1 Å². The van der Waals surface area contributed by atoms with Crippen LogP contribution < -0.4 is 16.5 Å². The van der Waals surface area contributed by atoms with Gasteiger partial charge in [-0.05, 0) is 24.3 Å². The number of nitrogens with two attached hydrogens (primary N) is 1. The van der Waals surface area contributed by atoms with E-state index in [0.29, 0.717) is 11.2 Å². The molecule has 0 saturated carbocycles. The van der Waals surface area contributed by atoms with Crippen LogP contribution in [0, 0.1) is 0 Å². The van der Waals surface area contributed by atoms with Gasteiger partial charge in [0.15, 0.2) is 0 Å². The zero-order chi connectivity index (χ0) is 16.9. The Morgan fingerprint density at radius 2 is 1.83 bits per heavy atom. The minimum absolute atomic E-state index is 0.185. The van der Waals surface area contributed by atoms with Gasteiger partial charge in [0.1, 0.15) is 6.61 Å². The van der Waals surface area contributed by atoms with E-state index < -0.39 is 5.91 Å². The molecule has 0 atom stereocenters. The van der Waals surface area contributed by atoms with Gasteiger partial charge in [-0.15, -0.1) is 0 Å². The molecule has 0 aliphatic rings. The summed E-state index contributed by atoms with van der Waals surface area (Å²) in [6, 6.07) is 9.18. The SMILES string of the molecule is NOCC(=O)NCC(=O)Nc1cc2cccnc2c2ncccc12. The van der Waals surface area contributed by atoms with Crippen molar-refractivity contribution in [1.29, 1.82) is 0 Å². The van der Waals surface area contributed by atoms with E-state index in [4.69, 9.17) is 5.90 Å². The van der Waals surface area contributed by atoms with Gasteiger partial charge < -0.3 is 10.6 Å². The fourth-order valence-corrected chi connectivity index (χ4v) is 2.38. The number of rotatable bonds is 5. The standard InChI is InChI=1S/C16H15N5O3/c17-24-9-14(23)20-8-13(22)21-12-7-10-3-1-5-18-15(10)16-11(12)4-2-6-19-16/h1-7H,8-9,17H2,(H,20,23)(H,21,22). The monoisotopic (exact) mass is 325 g/mol. The third-order valence-corrected chi connectivity index (χ3v) is 3.40. The number of carbonyl (C=O) groups is 2. The lowest BCUT2D eigenvalue weighted by Crippen LogP contribution is -2.35. The van der Waals surface area contributed by atoms with Crippen molar-refractivity contribution >= 4 is 39.3 Å². The van der Waals surface area contributed by atoms with Gasteiger partial charge >= 0.3 is 0 Å². The molecule has 0 spiro atoms. The number of nitrogens with one attached hydrogen (secondary N) is 2. The molecule has 0 fully saturated rings. The molecule has 0 aliphatic carbocycles. The molecule has 24 heavy (non-hydrogen) atoms. The molecule has 2 aromatic heterocycles. The topological polar surface area (TPSA) is 119 Å². The van der Waals surface area contributed by atoms with E-state index in [1.807, 2.05) is 24.3 Å². The molecule has 122 valence electrons. The summed E-state index contributed by atoms with van der Waals surface area (Å²) in [5, 5.41) is 6.82. The van der Waals surface area contributed by atoms with Crippen molar-refractivity contribution < 1.29 is 14.4 Å². The summed E-state index contributed by atoms with van der Waals surface area (Å²) in [6.45, 7) is -0.489. The average Bonchev–Trinajstić information content (AvgIpc) is 2.60. The van der Waals surface area contributed by atoms with Gasteiger partial charge in [0.05, 0.1) is 23.3 Å². The third kappa shape index (κ3) is 3.29. The summed E-state index contributed by atoms with van der Waals surface area (Å²) in [5.74, 6) is 3.96. The molecule has 1 aromatic carbocycles. The Hall–Kier alpha value is -3.10. The van der Waals surface area contributed by atoms with Gasteiger partial charge in [-0.2, -0.15) is 0 Å². The molecule has 0 bridgehead atoms. The van der Waals surface area contributed by atoms with Crippen LogP contribution in [-0.2, 0) is 14.4 Å². The van der Waals surface area contributed by atoms with E-state index in [1.165, 1.54) is 0 Å². The lowest BCUT2D eigenvalue weighted by Gasteiger charge is -2.11. The first kappa shape index (κ1) is 15.8. The van der Waals surface area contributed by atoms with Crippen LogP contribution in [0.4, 0.5) is 5.69 Å². The molecule has 4 N–H and O–H groups in total. The number of nitrogens with zero attached hydrogens (tertiary/aromatic N) is 2. The minimum Gasteiger partial charge on any atom is -0.345 e. The molecule has 0 aliphatic heterocycles. The lowest BCUT2D eigenvalue weighted by atomic mass is 10.1. The fourth-order valence-electron chi connectivity index (χ4n) is 2.38. The lowest BCUT2D eigenvalue weighted by molar-refractivity contribution is -0.127. The second-order valence-electron chi connectivity index (χ2n) is 5.03. The van der Waals surface area contributed by atoms with Crippen molar-refractivity contribution in [2.45, 2.75) is 0 Å². The molecule has 0 unspecified atom stereocenters. The van der Waals surface area contributed by atoms with Crippen LogP contribution in [0.1, 0.15) is 0 Å². The van der Waals surface area contributed by atoms with Crippen molar-refractivity contribution in [2.75, 3.05) is 18.5 Å². The second kappa shape index (κ2) is 6.99. The normalized spacial score (nSPS) is 10.7. The van der Waals surface area contributed by atoms with Crippen LogP contribution in [0.2, 0.25) is 0 Å². The number of aromatic nitrogens is 2. The predicted octanol–water partition coefficient (Wildman–Crippen LogP) is 0.728. The summed E-state index contributed by atoms with van der Waals surface area (Å²) in [6.07, 6.45) is 3.37. The van der Waals surface area contributed by atoms with Gasteiger partial charge in [0.25, 0.3) is 0 Å². The van der Waals surface area contributed by atoms with Crippen molar-refractivity contribution in [2.24, 2.45) is 5.90 Å². The smallest absolute Gasteiger partial charge is 0.248 e. The van der Waals surface area contributed by atoms with Crippen LogP contribution in [0.25, 0.3) is 21.8 Å². The third-order valence-electron chi connectivity index (χ3n) is 3.40. The number of hydrogen-bond donors (Lipinski definition) is 3. The maximum atomic E-state index is 12.1. The van der Waals surface area contributed by atoms with Crippen LogP contribution in [0.5, 0.6) is 0 Å². The van der Waals surface area contributed by atoms with E-state index >= 15 is 0 Å². The molecule has 2 amide bonds. The highest BCUT2D eigenvalue weighted by molar-refractivity contribution is 6.12. The molecule has 8 nitrogen and oxygen atoms in total. The molecule has 0 radical (unpaired) electrons. The highest BCUT2D eigenvalue weighted by atomic mass is 16.6. The number of carbonyl (C=O) groups excluding carboxylic acids is 2. The largest absolute Gasteiger partial charge is 0.345 e. The number of anilines is 1. The summed E-state index contributed by atoms with van der Waals surface area (Å²) in [5.41, 5.74) is 2.07. The molecule has 8 heteroatoms. The molecule has 3 rings (SSSR count). The summed E-state index contributed by atoms with van der Waals surface area (Å²) in [7, 11) is 0. The first-order chi connectivity index (χ1) is 11.7. The molecular formula is C16H15N5O3. The highest BCUT2D eigenvalue weighted by Crippen LogP contribution is 2.29. The quantitative estimate of drug-likeness (QED) is 0.470. The highest BCUT2D eigenvalue weighted by Gasteiger charge is 2.11. The van der Waals surface area contributed by atoms with Gasteiger partial charge in [0.2, 0.25) is 11.8 Å². The van der Waals surface area contributed by atoms with E-state index in [2.05, 4.69) is 25.4 Å². The summed E-state index contributed by atoms with van der Waals surface area (Å²) in [4.78, 5) is 36.3. The van der Waals surface area contributed by atoms with E-state index in [9.17, 15) is 9.59 Å². The minimum atomic E-state index is -0.470. The Morgan fingerprint density at radius 3 is 2.62 bits per heavy atom. The molecule has 3 aromatic rings. The Bertz CT molecular complexity index is 912. The Morgan fingerprint density at radius 1 is 1.08 bits per heavy atom. The average molecular weight is 325 g/mol. The molecule has 0 saturated heterocycles. The van der Waals surface area contributed by atoms with Crippen LogP contribution in [0.15, 0.2) is 42.7 Å². The molecule has 2 heterocycles. The fraction of sp³-hybridized carbons (Fsp3) is 0.125. The number of hydrogen-bond acceptors (Lipinski definition) is 6. The molecular weight excluding hydrogens is 310 g/mol. The maximum Gasteiger partial charge on any atom is 0.248 e. The second-order valence-corrected chi connectivity index (χ2v) is 5.03. The Balaban J connectivity index is 1.88. The number of amides is 2. The number of fused-ring (bicyclic) bond motifs is 3. The van der Waals surface area contributed by atoms with Gasteiger partial charge in [-0.3, -0.25) is 24.4 Å². The first-order valence-electron chi connectivity index (χ1n) is 7.19. The van der Waals surface area contributed by atoms with Crippen molar-refractivity contribution in [3.05, 3.63) is 42.7 Å². The van der Waals surface area contributed by atoms with Crippen LogP contribution in [0.3, 0.4) is 0 Å². The first-order valence-corrected chi connectivity index (χ1v) is 7.19. The zero-order valence-corrected chi connectivity index (χ0v) is 12.7. The van der Waals surface area contributed by atoms with E-state index in [0.717, 1.165) is 16.3 Å². The summed E-state index contributed by atoms with van der Waals surface area (Å²) >= 11 is 0. The van der Waals surface area contributed by atoms with Crippen molar-refractivity contribution in [1.82, 2.24) is 15.3 Å². The zero-order valence-electron chi connectivity index (χ0n) is 12.7. The Kier molecular flexibility index (Phi) is 4.59. The van der Waals surface area contributed by atoms with Gasteiger partial charge in [0, 0.05) is 23.2 Å². The van der Waals surface area contributed by atoms with Crippen LogP contribution in [-0.4, -0.2) is 34.9 Å². The van der Waals surface area contributed by atoms with Crippen LogP contribution >= 0.6 is 0 Å². The maximum absolute atomic E-state index is 12.1. The van der Waals surface area contributed by atoms with E-state index in [1.54, 1.807) is 18.5 Å². The van der Waals surface area contributed by atoms with Gasteiger partial charge in [-0.1, -0.05) is 6.07 Å².